The first kappa shape index (κ1) is 60.2. The molecule has 1 aromatic rings. The van der Waals surface area contributed by atoms with Gasteiger partial charge in [-0.1, -0.05) is 81.7 Å². The lowest BCUT2D eigenvalue weighted by Crippen LogP contribution is -2.51. The van der Waals surface area contributed by atoms with Crippen molar-refractivity contribution in [2.75, 3.05) is 24.7 Å². The highest BCUT2D eigenvalue weighted by molar-refractivity contribution is 8.76. The average molecular weight is 1140 g/mol. The number of allylic oxidation sites excluding steroid dienone is 2. The molecule has 14 heteroatoms. The van der Waals surface area contributed by atoms with Crippen LogP contribution in [-0.2, 0) is 38.1 Å². The Morgan fingerprint density at radius 2 is 1.16 bits per heavy atom. The van der Waals surface area contributed by atoms with E-state index in [9.17, 15) is 19.2 Å². The molecule has 18 atom stereocenters. The van der Waals surface area contributed by atoms with Crippen LogP contribution in [0, 0.1) is 105 Å². The first-order valence-corrected chi connectivity index (χ1v) is 33.2. The summed E-state index contributed by atoms with van der Waals surface area (Å²) >= 11 is 4.18. The number of carbonyl (C=O) groups excluding carboxylic acids is 4. The quantitative estimate of drug-likeness (QED) is 0.0299. The number of nitrogens with zero attached hydrogens (tertiary/aromatic N) is 1. The van der Waals surface area contributed by atoms with Gasteiger partial charge in [-0.25, -0.2) is 4.98 Å². The number of nitrogens with two attached hydrogens (primary N) is 2. The molecule has 432 valence electrons. The Morgan fingerprint density at radius 1 is 0.671 bits per heavy atom. The zero-order chi connectivity index (χ0) is 56.1. The van der Waals surface area contributed by atoms with Crippen LogP contribution in [0.3, 0.4) is 0 Å². The molecule has 6 fully saturated rings. The van der Waals surface area contributed by atoms with Gasteiger partial charge in [-0.15, -0.1) is 0 Å². The number of fused-ring (bicyclic) bond motifs is 10. The summed E-state index contributed by atoms with van der Waals surface area (Å²) < 4.78 is 22.9. The number of esters is 4. The smallest absolute Gasteiger partial charge is 0.324 e. The van der Waals surface area contributed by atoms with E-state index in [4.69, 9.17) is 30.4 Å². The molecule has 1 heterocycles. The van der Waals surface area contributed by atoms with Crippen LogP contribution in [0.5, 0.6) is 0 Å². The van der Waals surface area contributed by atoms with Crippen molar-refractivity contribution in [2.45, 2.75) is 199 Å². The first-order chi connectivity index (χ1) is 37.9. The molecule has 6 saturated carbocycles. The number of hydrogen-bond acceptors (Lipinski definition) is 14. The van der Waals surface area contributed by atoms with Crippen LogP contribution in [0.1, 0.15) is 170 Å². The van der Waals surface area contributed by atoms with Gasteiger partial charge in [0.2, 0.25) is 0 Å². The second kappa shape index (κ2) is 26.0. The van der Waals surface area contributed by atoms with E-state index in [0.29, 0.717) is 83.5 Å². The lowest BCUT2D eigenvalue weighted by molar-refractivity contribution is -0.153. The van der Waals surface area contributed by atoms with Crippen LogP contribution in [-0.4, -0.2) is 77.9 Å². The zero-order valence-corrected chi connectivity index (χ0v) is 50.7. The molecule has 0 bridgehead atoms. The van der Waals surface area contributed by atoms with Gasteiger partial charge in [0.1, 0.15) is 29.3 Å². The van der Waals surface area contributed by atoms with E-state index >= 15 is 0 Å². The molecule has 0 spiro atoms. The molecule has 9 rings (SSSR count). The largest absolute Gasteiger partial charge is 0.461 e. The molecule has 0 aromatic carbocycles. The summed E-state index contributed by atoms with van der Waals surface area (Å²) in [6.07, 6.45) is 26.5. The molecule has 79 heavy (non-hydrogen) atoms. The maximum absolute atomic E-state index is 13.1. The van der Waals surface area contributed by atoms with Crippen molar-refractivity contribution in [1.29, 1.82) is 0 Å². The summed E-state index contributed by atoms with van der Waals surface area (Å²) in [5, 5.41) is 0.898. The Bertz CT molecular complexity index is 2560. The van der Waals surface area contributed by atoms with E-state index in [0.717, 1.165) is 69.2 Å². The van der Waals surface area contributed by atoms with Crippen molar-refractivity contribution in [3.8, 4) is 23.7 Å². The number of aromatic nitrogens is 1. The second-order valence-corrected chi connectivity index (χ2v) is 29.2. The van der Waals surface area contributed by atoms with Gasteiger partial charge in [0.05, 0.1) is 0 Å². The first-order valence-electron chi connectivity index (χ1n) is 30.3. The van der Waals surface area contributed by atoms with Gasteiger partial charge in [-0.05, 0) is 230 Å². The van der Waals surface area contributed by atoms with Crippen molar-refractivity contribution < 1.29 is 38.1 Å². The van der Waals surface area contributed by atoms with Gasteiger partial charge >= 0.3 is 23.9 Å². The van der Waals surface area contributed by atoms with Crippen LogP contribution in [0.15, 0.2) is 52.7 Å². The molecule has 0 unspecified atom stereocenters. The van der Waals surface area contributed by atoms with Crippen LogP contribution in [0.2, 0.25) is 0 Å². The number of hydrogen-bond donors (Lipinski definition) is 3. The Morgan fingerprint density at radius 3 is 1.63 bits per heavy atom. The lowest BCUT2D eigenvalue weighted by Gasteiger charge is -2.58. The molecule has 0 amide bonds. The van der Waals surface area contributed by atoms with E-state index < -0.39 is 12.1 Å². The predicted octanol–water partition coefficient (Wildman–Crippen LogP) is 12.3. The minimum Gasteiger partial charge on any atom is -0.461 e. The third-order valence-corrected chi connectivity index (χ3v) is 25.2. The summed E-state index contributed by atoms with van der Waals surface area (Å²) in [4.78, 5) is 55.6. The SMILES string of the molecule is C[C@H](CCC(=O)OCC#CC#CCOC(=O)CC[C@@H](C)[C@H]1CC[C@H]2[C@@H]3CC=C4C[C@@H](OC(=O)[C@@H](N)CSSc5ccccn5)CC[C@]4(C)[C@H]3CC[C@]12C)[C@H]1CC[C@H]2[C@@H]3CC=C4C[C@@H](OC(=O)[C@@H](N)CS)CC[C@]4(C)[C@H]3CC[C@]12C. The van der Waals surface area contributed by atoms with Gasteiger partial charge in [0, 0.05) is 43.4 Å². The third-order valence-electron chi connectivity index (χ3n) is 22.5. The van der Waals surface area contributed by atoms with Gasteiger partial charge in [0.15, 0.2) is 13.2 Å². The molecule has 4 N–H and O–H groups in total. The van der Waals surface area contributed by atoms with Crippen LogP contribution in [0.4, 0.5) is 0 Å². The maximum Gasteiger partial charge on any atom is 0.324 e. The van der Waals surface area contributed by atoms with Crippen LogP contribution >= 0.6 is 34.2 Å². The molecule has 0 saturated heterocycles. The highest BCUT2D eigenvalue weighted by Gasteiger charge is 2.61. The third kappa shape index (κ3) is 13.0. The number of thiol groups is 1. The van der Waals surface area contributed by atoms with E-state index in [1.54, 1.807) is 6.20 Å². The van der Waals surface area contributed by atoms with Gasteiger partial charge < -0.3 is 30.4 Å². The van der Waals surface area contributed by atoms with Gasteiger partial charge in [0.25, 0.3) is 0 Å². The van der Waals surface area contributed by atoms with Crippen molar-refractivity contribution in [3.63, 3.8) is 0 Å². The number of rotatable bonds is 19. The van der Waals surface area contributed by atoms with Crippen LogP contribution in [0.25, 0.3) is 0 Å². The van der Waals surface area contributed by atoms with Crippen molar-refractivity contribution in [1.82, 2.24) is 4.98 Å². The highest BCUT2D eigenvalue weighted by Crippen LogP contribution is 2.69. The monoisotopic (exact) mass is 1140 g/mol. The normalized spacial score (nSPS) is 36.5. The molecule has 8 aliphatic carbocycles. The minimum atomic E-state index is -0.673. The molecule has 0 radical (unpaired) electrons. The predicted molar refractivity (Wildman–Crippen MR) is 317 cm³/mol. The molecular weight excluding hydrogens is 1050 g/mol. The van der Waals surface area contributed by atoms with E-state index in [1.165, 1.54) is 84.1 Å². The number of carbonyl (C=O) groups is 4. The maximum atomic E-state index is 13.1. The molecular formula is C65H91N3O8S3. The zero-order valence-electron chi connectivity index (χ0n) is 48.1. The molecule has 11 nitrogen and oxygen atoms in total. The summed E-state index contributed by atoms with van der Waals surface area (Å²) in [5.74, 6) is 16.9. The molecule has 8 aliphatic rings. The van der Waals surface area contributed by atoms with Crippen molar-refractivity contribution in [3.05, 3.63) is 47.7 Å². The van der Waals surface area contributed by atoms with Gasteiger partial charge in [-0.2, -0.15) is 12.6 Å². The fourth-order valence-electron chi connectivity index (χ4n) is 18.2. The number of pyridine rings is 1. The minimum absolute atomic E-state index is 0.00469. The average Bonchev–Trinajstić information content (AvgIpc) is 3.97. The Balaban J connectivity index is 0.647. The van der Waals surface area contributed by atoms with Crippen molar-refractivity contribution >= 4 is 58.1 Å². The van der Waals surface area contributed by atoms with E-state index in [-0.39, 0.29) is 71.0 Å². The fourth-order valence-corrected chi connectivity index (χ4v) is 20.4. The Labute approximate surface area is 486 Å². The Hall–Kier alpha value is -3.40. The fraction of sp³-hybridized carbons (Fsp3) is 0.738. The molecule has 1 aromatic heterocycles. The highest BCUT2D eigenvalue weighted by atomic mass is 33.1. The Kier molecular flexibility index (Phi) is 19.8. The topological polar surface area (TPSA) is 170 Å². The number of ether oxygens (including phenoxy) is 4. The second-order valence-electron chi connectivity index (χ2n) is 26.5. The summed E-state index contributed by atoms with van der Waals surface area (Å²) in [7, 11) is 3.06. The van der Waals surface area contributed by atoms with Crippen LogP contribution < -0.4 is 11.5 Å². The molecule has 0 aliphatic heterocycles. The van der Waals surface area contributed by atoms with Crippen molar-refractivity contribution in [2.24, 2.45) is 92.3 Å². The summed E-state index contributed by atoms with van der Waals surface area (Å²) in [6, 6.07) is 4.45. The van der Waals surface area contributed by atoms with E-state index in [2.05, 4.69) is 95.0 Å². The summed E-state index contributed by atoms with van der Waals surface area (Å²) in [6.45, 7) is 14.7. The summed E-state index contributed by atoms with van der Waals surface area (Å²) in [5.41, 5.74) is 16.0. The standard InChI is InChI=1S/C65H91N3O8S3/c1-41(49-20-22-51-47-18-16-43-37-45(75-60(71)55(66)39-77)26-30-62(43,3)53(47)28-32-64(49,51)5)14-24-58(69)73-35-11-7-8-12-36-74-59(70)25-15-42(2)50-21-23-52-48-19-17-44-38-46(27-31-63(44,4)54(48)29-33-65(50,52)6)76-61(72)56(67)40-78-79-57-13-9-10-34-68-57/h9-10,13,16-17,34,41-42,45-56,77H,14-15,18-33,35-40,66-67H2,1-6H3/t41-,42-,45+,46+,47+,48+,49-,50-,51+,52+,53+,54+,55+,56+,62+,63+,64-,65-/m1/s1. The lowest BCUT2D eigenvalue weighted by atomic mass is 9.47. The van der Waals surface area contributed by atoms with E-state index in [1.807, 2.05) is 18.2 Å². The van der Waals surface area contributed by atoms with Gasteiger partial charge in [-0.3, -0.25) is 19.2 Å².